The Hall–Kier alpha value is -0.580. The van der Waals surface area contributed by atoms with Crippen LogP contribution in [0.4, 0.5) is 0 Å². The van der Waals surface area contributed by atoms with Crippen molar-refractivity contribution in [1.29, 1.82) is 0 Å². The van der Waals surface area contributed by atoms with Gasteiger partial charge >= 0.3 is 0 Å². The molecule has 90 valence electrons. The molecule has 0 aliphatic rings. The van der Waals surface area contributed by atoms with E-state index in [2.05, 4.69) is 4.72 Å². The first-order valence-electron chi connectivity index (χ1n) is 5.14. The summed E-state index contributed by atoms with van der Waals surface area (Å²) in [6.45, 7) is 3.81. The molecule has 1 N–H and O–H groups in total. The first-order valence-corrected chi connectivity index (χ1v) is 7.16. The van der Waals surface area contributed by atoms with Gasteiger partial charge in [-0.1, -0.05) is 24.6 Å². The number of hydrogen-bond donors (Lipinski definition) is 1. The first-order chi connectivity index (χ1) is 7.49. The molecule has 0 aliphatic carbocycles. The average Bonchev–Trinajstić information content (AvgIpc) is 2.26. The Balaban J connectivity index is 2.89. The molecule has 3 nitrogen and oxygen atoms in total. The molecule has 0 aliphatic heterocycles. The van der Waals surface area contributed by atoms with Gasteiger partial charge in [-0.2, -0.15) is 0 Å². The maximum absolute atomic E-state index is 11.9. The van der Waals surface area contributed by atoms with Crippen LogP contribution in [0.2, 0.25) is 0 Å². The lowest BCUT2D eigenvalue weighted by Crippen LogP contribution is -2.35. The Morgan fingerprint density at radius 2 is 1.88 bits per heavy atom. The van der Waals surface area contributed by atoms with Crippen LogP contribution in [0, 0.1) is 6.92 Å². The fraction of sp³-hybridized carbons (Fsp3) is 0.455. The van der Waals surface area contributed by atoms with Crippen LogP contribution in [0.25, 0.3) is 0 Å². The molecule has 0 saturated carbocycles. The highest BCUT2D eigenvalue weighted by Gasteiger charge is 2.17. The molecule has 0 amide bonds. The van der Waals surface area contributed by atoms with Crippen molar-refractivity contribution >= 4 is 21.6 Å². The number of aryl methyl sites for hydroxylation is 1. The highest BCUT2D eigenvalue weighted by atomic mass is 35.5. The third kappa shape index (κ3) is 3.47. The van der Waals surface area contributed by atoms with Gasteiger partial charge in [0.25, 0.3) is 0 Å². The Kier molecular flexibility index (Phi) is 4.77. The van der Waals surface area contributed by atoms with Gasteiger partial charge < -0.3 is 0 Å². The zero-order chi connectivity index (χ0) is 12.2. The molecule has 1 unspecified atom stereocenters. The van der Waals surface area contributed by atoms with Crippen molar-refractivity contribution in [3.63, 3.8) is 0 Å². The molecule has 16 heavy (non-hydrogen) atoms. The maximum atomic E-state index is 11.9. The highest BCUT2D eigenvalue weighted by molar-refractivity contribution is 7.89. The van der Waals surface area contributed by atoms with Gasteiger partial charge in [0.2, 0.25) is 10.0 Å². The number of benzene rings is 1. The summed E-state index contributed by atoms with van der Waals surface area (Å²) in [7, 11) is -3.43. The predicted molar refractivity (Wildman–Crippen MR) is 66.3 cm³/mol. The molecular weight excluding hydrogens is 246 g/mol. The summed E-state index contributed by atoms with van der Waals surface area (Å²) in [4.78, 5) is 0.279. The third-order valence-corrected chi connectivity index (χ3v) is 4.24. The molecule has 0 fully saturated rings. The average molecular weight is 262 g/mol. The predicted octanol–water partition coefficient (Wildman–Crippen LogP) is 2.29. The van der Waals surface area contributed by atoms with Crippen LogP contribution in [-0.2, 0) is 10.0 Å². The number of sulfonamides is 1. The molecular formula is C11H16ClNO2S. The zero-order valence-electron chi connectivity index (χ0n) is 9.40. The lowest BCUT2D eigenvalue weighted by Gasteiger charge is -2.14. The van der Waals surface area contributed by atoms with E-state index in [-0.39, 0.29) is 16.8 Å². The summed E-state index contributed by atoms with van der Waals surface area (Å²) in [6.07, 6.45) is 0.675. The van der Waals surface area contributed by atoms with Gasteiger partial charge in [-0.15, -0.1) is 11.6 Å². The second kappa shape index (κ2) is 5.66. The van der Waals surface area contributed by atoms with Crippen LogP contribution >= 0.6 is 11.6 Å². The molecule has 0 radical (unpaired) electrons. The molecule has 5 heteroatoms. The van der Waals surface area contributed by atoms with Gasteiger partial charge in [-0.3, -0.25) is 0 Å². The first kappa shape index (κ1) is 13.5. The standard InChI is InChI=1S/C11H16ClNO2S/c1-3-10(8-12)13-16(14,15)11-6-4-9(2)5-7-11/h4-7,10,13H,3,8H2,1-2H3. The van der Waals surface area contributed by atoms with E-state index in [0.29, 0.717) is 6.42 Å². The summed E-state index contributed by atoms with van der Waals surface area (Å²) < 4.78 is 26.4. The van der Waals surface area contributed by atoms with Crippen molar-refractivity contribution in [2.45, 2.75) is 31.2 Å². The Morgan fingerprint density at radius 1 is 1.31 bits per heavy atom. The van der Waals surface area contributed by atoms with E-state index in [0.717, 1.165) is 5.56 Å². The topological polar surface area (TPSA) is 46.2 Å². The van der Waals surface area contributed by atoms with E-state index in [4.69, 9.17) is 11.6 Å². The quantitative estimate of drug-likeness (QED) is 0.827. The Bertz CT molecular complexity index is 424. The normalized spacial score (nSPS) is 13.7. The number of halogens is 1. The summed E-state index contributed by atoms with van der Waals surface area (Å²) in [5, 5.41) is 0. The van der Waals surface area contributed by atoms with E-state index in [1.165, 1.54) is 0 Å². The van der Waals surface area contributed by atoms with Gasteiger partial charge in [0.1, 0.15) is 0 Å². The number of rotatable bonds is 5. The van der Waals surface area contributed by atoms with Gasteiger partial charge in [-0.25, -0.2) is 13.1 Å². The molecule has 0 aromatic heterocycles. The summed E-state index contributed by atoms with van der Waals surface area (Å²) in [6, 6.07) is 6.52. The van der Waals surface area contributed by atoms with Crippen LogP contribution in [0.3, 0.4) is 0 Å². The van der Waals surface area contributed by atoms with Crippen molar-refractivity contribution in [2.24, 2.45) is 0 Å². The van der Waals surface area contributed by atoms with Crippen molar-refractivity contribution in [1.82, 2.24) is 4.72 Å². The van der Waals surface area contributed by atoms with E-state index >= 15 is 0 Å². The molecule has 1 rings (SSSR count). The molecule has 0 saturated heterocycles. The minimum absolute atomic E-state index is 0.215. The fourth-order valence-corrected chi connectivity index (χ4v) is 2.93. The molecule has 0 spiro atoms. The van der Waals surface area contributed by atoms with Crippen molar-refractivity contribution in [3.8, 4) is 0 Å². The largest absolute Gasteiger partial charge is 0.240 e. The fourth-order valence-electron chi connectivity index (χ4n) is 1.23. The van der Waals surface area contributed by atoms with Crippen LogP contribution < -0.4 is 4.72 Å². The molecule has 0 heterocycles. The minimum Gasteiger partial charge on any atom is -0.207 e. The van der Waals surface area contributed by atoms with E-state index in [9.17, 15) is 8.42 Å². The third-order valence-electron chi connectivity index (χ3n) is 2.33. The van der Waals surface area contributed by atoms with Gasteiger partial charge in [-0.05, 0) is 25.5 Å². The lowest BCUT2D eigenvalue weighted by atomic mass is 10.2. The molecule has 0 bridgehead atoms. The molecule has 1 aromatic carbocycles. The SMILES string of the molecule is CCC(CCl)NS(=O)(=O)c1ccc(C)cc1. The number of hydrogen-bond acceptors (Lipinski definition) is 2. The highest BCUT2D eigenvalue weighted by Crippen LogP contribution is 2.11. The molecule has 1 aromatic rings. The van der Waals surface area contributed by atoms with Crippen molar-refractivity contribution in [2.75, 3.05) is 5.88 Å². The summed E-state index contributed by atoms with van der Waals surface area (Å²) in [5.41, 5.74) is 1.03. The van der Waals surface area contributed by atoms with Gasteiger partial charge in [0.15, 0.2) is 0 Å². The smallest absolute Gasteiger partial charge is 0.207 e. The van der Waals surface area contributed by atoms with E-state index in [1.54, 1.807) is 24.3 Å². The van der Waals surface area contributed by atoms with E-state index < -0.39 is 10.0 Å². The molecule has 1 atom stereocenters. The zero-order valence-corrected chi connectivity index (χ0v) is 11.0. The number of alkyl halides is 1. The lowest BCUT2D eigenvalue weighted by molar-refractivity contribution is 0.557. The second-order valence-electron chi connectivity index (χ2n) is 3.69. The minimum atomic E-state index is -3.43. The second-order valence-corrected chi connectivity index (χ2v) is 5.72. The Labute approximate surface area is 102 Å². The summed E-state index contributed by atoms with van der Waals surface area (Å²) in [5.74, 6) is 0.279. The Morgan fingerprint density at radius 3 is 2.31 bits per heavy atom. The maximum Gasteiger partial charge on any atom is 0.240 e. The monoisotopic (exact) mass is 261 g/mol. The van der Waals surface area contributed by atoms with Gasteiger partial charge in [0.05, 0.1) is 4.90 Å². The van der Waals surface area contributed by atoms with Crippen molar-refractivity contribution in [3.05, 3.63) is 29.8 Å². The van der Waals surface area contributed by atoms with Crippen LogP contribution in [0.15, 0.2) is 29.2 Å². The van der Waals surface area contributed by atoms with Crippen LogP contribution in [-0.4, -0.2) is 20.3 Å². The van der Waals surface area contributed by atoms with E-state index in [1.807, 2.05) is 13.8 Å². The number of nitrogens with one attached hydrogen (secondary N) is 1. The van der Waals surface area contributed by atoms with Crippen LogP contribution in [0.5, 0.6) is 0 Å². The van der Waals surface area contributed by atoms with Crippen LogP contribution in [0.1, 0.15) is 18.9 Å². The van der Waals surface area contributed by atoms with Gasteiger partial charge in [0, 0.05) is 11.9 Å². The van der Waals surface area contributed by atoms with Crippen molar-refractivity contribution < 1.29 is 8.42 Å². The summed E-state index contributed by atoms with van der Waals surface area (Å²) >= 11 is 5.66.